The molecule has 1 fully saturated rings. The summed E-state index contributed by atoms with van der Waals surface area (Å²) in [6.07, 6.45) is 3.55. The van der Waals surface area contributed by atoms with E-state index in [1.165, 1.54) is 22.5 Å². The SMILES string of the molecule is CC(C)CC(C)N(C(=O)C1CCN(S(=O)(=O)c2ccccc2F)CC1)c1ccc2[nH]ccc2c1. The molecule has 1 saturated heterocycles. The third-order valence-electron chi connectivity index (χ3n) is 6.56. The number of hydrogen-bond donors (Lipinski definition) is 1. The summed E-state index contributed by atoms with van der Waals surface area (Å²) in [6, 6.07) is 13.4. The average molecular weight is 486 g/mol. The van der Waals surface area contributed by atoms with Crippen LogP contribution in [0, 0.1) is 17.7 Å². The van der Waals surface area contributed by atoms with Crippen molar-refractivity contribution < 1.29 is 17.6 Å². The van der Waals surface area contributed by atoms with Gasteiger partial charge in [0, 0.05) is 47.8 Å². The summed E-state index contributed by atoms with van der Waals surface area (Å²) >= 11 is 0. The molecule has 0 aliphatic carbocycles. The highest BCUT2D eigenvalue weighted by Crippen LogP contribution is 2.31. The number of aromatic nitrogens is 1. The van der Waals surface area contributed by atoms with Gasteiger partial charge in [0.25, 0.3) is 0 Å². The molecule has 1 N–H and O–H groups in total. The van der Waals surface area contributed by atoms with Gasteiger partial charge in [0.15, 0.2) is 0 Å². The largest absolute Gasteiger partial charge is 0.361 e. The zero-order chi connectivity index (χ0) is 24.5. The number of aromatic amines is 1. The minimum atomic E-state index is -3.93. The van der Waals surface area contributed by atoms with Crippen molar-refractivity contribution in [3.05, 3.63) is 60.5 Å². The van der Waals surface area contributed by atoms with Crippen LogP contribution in [0.5, 0.6) is 0 Å². The lowest BCUT2D eigenvalue weighted by atomic mass is 9.94. The first-order chi connectivity index (χ1) is 16.2. The van der Waals surface area contributed by atoms with Crippen LogP contribution in [0.25, 0.3) is 10.9 Å². The molecule has 8 heteroatoms. The van der Waals surface area contributed by atoms with E-state index in [9.17, 15) is 17.6 Å². The van der Waals surface area contributed by atoms with Crippen molar-refractivity contribution in [1.82, 2.24) is 9.29 Å². The highest BCUT2D eigenvalue weighted by molar-refractivity contribution is 7.89. The maximum atomic E-state index is 14.2. The van der Waals surface area contributed by atoms with Crippen molar-refractivity contribution in [2.75, 3.05) is 18.0 Å². The monoisotopic (exact) mass is 485 g/mol. The molecule has 1 aliphatic heterocycles. The van der Waals surface area contributed by atoms with E-state index < -0.39 is 15.8 Å². The predicted molar refractivity (Wildman–Crippen MR) is 133 cm³/mol. The van der Waals surface area contributed by atoms with Crippen LogP contribution in [-0.4, -0.2) is 42.7 Å². The van der Waals surface area contributed by atoms with Crippen LogP contribution in [0.15, 0.2) is 59.6 Å². The molecule has 6 nitrogen and oxygen atoms in total. The van der Waals surface area contributed by atoms with Gasteiger partial charge in [0.05, 0.1) is 0 Å². The first-order valence-corrected chi connectivity index (χ1v) is 13.3. The second-order valence-corrected chi connectivity index (χ2v) is 11.5. The molecule has 1 amide bonds. The average Bonchev–Trinajstić information content (AvgIpc) is 3.27. The predicted octanol–water partition coefficient (Wildman–Crippen LogP) is 5.18. The highest BCUT2D eigenvalue weighted by Gasteiger charge is 2.36. The summed E-state index contributed by atoms with van der Waals surface area (Å²) < 4.78 is 41.4. The molecule has 34 heavy (non-hydrogen) atoms. The van der Waals surface area contributed by atoms with Gasteiger partial charge >= 0.3 is 0 Å². The Morgan fingerprint density at radius 1 is 1.12 bits per heavy atom. The van der Waals surface area contributed by atoms with Gasteiger partial charge < -0.3 is 9.88 Å². The van der Waals surface area contributed by atoms with Gasteiger partial charge in [-0.15, -0.1) is 0 Å². The lowest BCUT2D eigenvalue weighted by Crippen LogP contribution is -2.47. The first kappa shape index (κ1) is 24.4. The number of halogens is 1. The van der Waals surface area contributed by atoms with E-state index in [-0.39, 0.29) is 35.9 Å². The van der Waals surface area contributed by atoms with Crippen molar-refractivity contribution in [3.8, 4) is 0 Å². The molecule has 1 aromatic heterocycles. The van der Waals surface area contributed by atoms with E-state index in [0.717, 1.165) is 29.1 Å². The number of carbonyl (C=O) groups is 1. The van der Waals surface area contributed by atoms with Gasteiger partial charge in [-0.2, -0.15) is 4.31 Å². The Labute approximate surface area is 200 Å². The first-order valence-electron chi connectivity index (χ1n) is 11.8. The van der Waals surface area contributed by atoms with Crippen LogP contribution in [0.3, 0.4) is 0 Å². The Hall–Kier alpha value is -2.71. The third-order valence-corrected chi connectivity index (χ3v) is 8.50. The van der Waals surface area contributed by atoms with E-state index in [0.29, 0.717) is 18.8 Å². The Kier molecular flexibility index (Phi) is 7.09. The van der Waals surface area contributed by atoms with Gasteiger partial charge in [-0.3, -0.25) is 4.79 Å². The minimum absolute atomic E-state index is 0.00377. The number of H-pyrrole nitrogens is 1. The Bertz CT molecular complexity index is 1260. The topological polar surface area (TPSA) is 73.5 Å². The van der Waals surface area contributed by atoms with Crippen molar-refractivity contribution in [2.45, 2.75) is 51.0 Å². The number of piperidine rings is 1. The maximum Gasteiger partial charge on any atom is 0.245 e. The Morgan fingerprint density at radius 2 is 1.82 bits per heavy atom. The van der Waals surface area contributed by atoms with Gasteiger partial charge in [0.1, 0.15) is 10.7 Å². The molecule has 2 heterocycles. The number of hydrogen-bond acceptors (Lipinski definition) is 3. The zero-order valence-corrected chi connectivity index (χ0v) is 20.7. The molecule has 1 aliphatic rings. The van der Waals surface area contributed by atoms with Gasteiger partial charge in [0.2, 0.25) is 15.9 Å². The second-order valence-electron chi connectivity index (χ2n) is 9.54. The lowest BCUT2D eigenvalue weighted by Gasteiger charge is -2.37. The molecule has 1 atom stereocenters. The van der Waals surface area contributed by atoms with Gasteiger partial charge in [-0.25, -0.2) is 12.8 Å². The summed E-state index contributed by atoms with van der Waals surface area (Å²) in [5.74, 6) is -0.599. The van der Waals surface area contributed by atoms with Crippen molar-refractivity contribution in [2.24, 2.45) is 11.8 Å². The minimum Gasteiger partial charge on any atom is -0.361 e. The van der Waals surface area contributed by atoms with E-state index in [2.05, 4.69) is 25.8 Å². The molecular weight excluding hydrogens is 453 g/mol. The highest BCUT2D eigenvalue weighted by atomic mass is 32.2. The van der Waals surface area contributed by atoms with Crippen molar-refractivity contribution in [1.29, 1.82) is 0 Å². The number of rotatable bonds is 7. The zero-order valence-electron chi connectivity index (χ0n) is 19.9. The molecule has 0 saturated carbocycles. The van der Waals surface area contributed by atoms with Crippen LogP contribution in [-0.2, 0) is 14.8 Å². The number of nitrogens with one attached hydrogen (secondary N) is 1. The Balaban J connectivity index is 1.54. The quantitative estimate of drug-likeness (QED) is 0.501. The number of amides is 1. The van der Waals surface area contributed by atoms with Crippen molar-refractivity contribution >= 4 is 32.5 Å². The van der Waals surface area contributed by atoms with Crippen LogP contribution in [0.2, 0.25) is 0 Å². The van der Waals surface area contributed by atoms with Crippen molar-refractivity contribution in [3.63, 3.8) is 0 Å². The molecule has 1 unspecified atom stereocenters. The Morgan fingerprint density at radius 3 is 2.50 bits per heavy atom. The van der Waals surface area contributed by atoms with Crippen LogP contribution < -0.4 is 4.90 Å². The summed E-state index contributed by atoms with van der Waals surface area (Å²) in [5, 5.41) is 1.04. The van der Waals surface area contributed by atoms with Crippen LogP contribution in [0.4, 0.5) is 10.1 Å². The van der Waals surface area contributed by atoms with Crippen LogP contribution in [0.1, 0.15) is 40.0 Å². The maximum absolute atomic E-state index is 14.2. The van der Waals surface area contributed by atoms with Gasteiger partial charge in [-0.1, -0.05) is 26.0 Å². The fourth-order valence-electron chi connectivity index (χ4n) is 4.91. The molecule has 2 aromatic carbocycles. The third kappa shape index (κ3) is 4.88. The van der Waals surface area contributed by atoms with E-state index in [1.807, 2.05) is 35.4 Å². The number of sulfonamides is 1. The molecular formula is C26H32FN3O3S. The van der Waals surface area contributed by atoms with E-state index in [1.54, 1.807) is 0 Å². The molecule has 0 spiro atoms. The number of benzene rings is 2. The fourth-order valence-corrected chi connectivity index (χ4v) is 6.44. The molecule has 182 valence electrons. The van der Waals surface area contributed by atoms with Gasteiger partial charge in [-0.05, 0) is 68.5 Å². The smallest absolute Gasteiger partial charge is 0.245 e. The molecule has 0 bridgehead atoms. The lowest BCUT2D eigenvalue weighted by molar-refractivity contribution is -0.124. The fraction of sp³-hybridized carbons (Fsp3) is 0.423. The molecule has 3 aromatic rings. The van der Waals surface area contributed by atoms with E-state index in [4.69, 9.17) is 0 Å². The summed E-state index contributed by atoms with van der Waals surface area (Å²) in [6.45, 7) is 6.73. The summed E-state index contributed by atoms with van der Waals surface area (Å²) in [7, 11) is -3.93. The number of carbonyl (C=O) groups excluding carboxylic acids is 1. The molecule has 4 rings (SSSR count). The summed E-state index contributed by atoms with van der Waals surface area (Å²) in [5.41, 5.74) is 1.87. The standard InChI is InChI=1S/C26H32FN3O3S/c1-18(2)16-19(3)30(22-8-9-24-21(17-22)10-13-28-24)26(31)20-11-14-29(15-12-20)34(32,33)25-7-5-4-6-23(25)27/h4-10,13,17-20,28H,11-12,14-16H2,1-3H3. The second kappa shape index (κ2) is 9.88. The summed E-state index contributed by atoms with van der Waals surface area (Å²) in [4.78, 5) is 18.5. The number of anilines is 1. The number of nitrogens with zero attached hydrogens (tertiary/aromatic N) is 2. The van der Waals surface area contributed by atoms with E-state index >= 15 is 0 Å². The number of fused-ring (bicyclic) bond motifs is 1. The molecule has 0 radical (unpaired) electrons. The normalized spacial score (nSPS) is 16.7. The van der Waals surface area contributed by atoms with Crippen LogP contribution >= 0.6 is 0 Å².